The van der Waals surface area contributed by atoms with E-state index >= 15 is 0 Å². The van der Waals surface area contributed by atoms with E-state index in [1.807, 2.05) is 30.7 Å². The second kappa shape index (κ2) is 9.94. The first-order chi connectivity index (χ1) is 15.1. The third-order valence-electron chi connectivity index (χ3n) is 6.28. The first-order valence-corrected chi connectivity index (χ1v) is 12.0. The molecule has 0 bridgehead atoms. The van der Waals surface area contributed by atoms with Crippen molar-refractivity contribution < 1.29 is 9.59 Å². The van der Waals surface area contributed by atoms with Crippen molar-refractivity contribution in [3.8, 4) is 10.6 Å². The van der Waals surface area contributed by atoms with Crippen LogP contribution in [0.3, 0.4) is 0 Å². The fourth-order valence-corrected chi connectivity index (χ4v) is 5.22. The smallest absolute Gasteiger partial charge is 0.277 e. The summed E-state index contributed by atoms with van der Waals surface area (Å²) in [5.74, 6) is 0.0856. The number of hydrogen-bond donors (Lipinski definition) is 0. The van der Waals surface area contributed by atoms with Gasteiger partial charge in [0.15, 0.2) is 0 Å². The molecule has 2 aromatic heterocycles. The number of nitrogens with zero attached hydrogens (tertiary/aromatic N) is 5. The minimum Gasteiger partial charge on any atom is -0.346 e. The molecular formula is C23H33N5O3S. The van der Waals surface area contributed by atoms with Crippen molar-refractivity contribution in [2.24, 2.45) is 13.0 Å². The molecule has 8 nitrogen and oxygen atoms in total. The van der Waals surface area contributed by atoms with Crippen LogP contribution in [0.4, 0.5) is 0 Å². The van der Waals surface area contributed by atoms with Crippen LogP contribution in [-0.4, -0.2) is 63.1 Å². The molecule has 0 saturated carbocycles. The number of rotatable bonds is 6. The first-order valence-electron chi connectivity index (χ1n) is 11.2. The number of piperidine rings is 1. The van der Waals surface area contributed by atoms with E-state index in [1.165, 1.54) is 16.0 Å². The zero-order chi connectivity index (χ0) is 23.6. The molecule has 1 aliphatic rings. The highest BCUT2D eigenvalue weighted by Gasteiger charge is 2.31. The highest BCUT2D eigenvalue weighted by atomic mass is 32.1. The van der Waals surface area contributed by atoms with Crippen molar-refractivity contribution in [2.75, 3.05) is 26.7 Å². The summed E-state index contributed by atoms with van der Waals surface area (Å²) in [4.78, 5) is 47.3. The Hall–Kier alpha value is -2.55. The molecule has 174 valence electrons. The van der Waals surface area contributed by atoms with Gasteiger partial charge in [-0.1, -0.05) is 13.3 Å². The molecule has 3 rings (SSSR count). The molecule has 0 unspecified atom stereocenters. The molecule has 0 N–H and O–H groups in total. The third-order valence-corrected chi connectivity index (χ3v) is 7.45. The molecule has 0 radical (unpaired) electrons. The van der Waals surface area contributed by atoms with E-state index in [9.17, 15) is 14.4 Å². The quantitative estimate of drug-likeness (QED) is 0.663. The fraction of sp³-hybridized carbons (Fsp3) is 0.609. The van der Waals surface area contributed by atoms with Gasteiger partial charge in [0.1, 0.15) is 9.88 Å². The zero-order valence-electron chi connectivity index (χ0n) is 19.9. The topological polar surface area (TPSA) is 88.4 Å². The summed E-state index contributed by atoms with van der Waals surface area (Å²) in [6.45, 7) is 9.53. The van der Waals surface area contributed by atoms with Gasteiger partial charge in [0.05, 0.1) is 17.0 Å². The second-order valence-electron chi connectivity index (χ2n) is 8.63. The Morgan fingerprint density at radius 1 is 1.16 bits per heavy atom. The molecular weight excluding hydrogens is 426 g/mol. The maximum Gasteiger partial charge on any atom is 0.277 e. The molecule has 1 fully saturated rings. The van der Waals surface area contributed by atoms with Crippen molar-refractivity contribution >= 4 is 23.2 Å². The van der Waals surface area contributed by atoms with Crippen LogP contribution in [0, 0.1) is 26.7 Å². The number of likely N-dealkylation sites (tertiary alicyclic amines) is 1. The van der Waals surface area contributed by atoms with Gasteiger partial charge in [0.25, 0.3) is 11.5 Å². The summed E-state index contributed by atoms with van der Waals surface area (Å²) in [5, 5.41) is 4.77. The van der Waals surface area contributed by atoms with Crippen molar-refractivity contribution in [3.63, 3.8) is 0 Å². The number of carbonyl (C=O) groups is 2. The Balaban J connectivity index is 1.74. The lowest BCUT2D eigenvalue weighted by Gasteiger charge is -2.33. The highest BCUT2D eigenvalue weighted by Crippen LogP contribution is 2.30. The summed E-state index contributed by atoms with van der Waals surface area (Å²) >= 11 is 1.26. The number of hydrogen-bond acceptors (Lipinski definition) is 6. The van der Waals surface area contributed by atoms with E-state index < -0.39 is 0 Å². The summed E-state index contributed by atoms with van der Waals surface area (Å²) in [6, 6.07) is 0. The van der Waals surface area contributed by atoms with Gasteiger partial charge in [0, 0.05) is 39.6 Å². The molecule has 0 spiro atoms. The molecule has 2 aromatic rings. The molecule has 3 heterocycles. The van der Waals surface area contributed by atoms with Gasteiger partial charge in [-0.2, -0.15) is 5.10 Å². The van der Waals surface area contributed by atoms with Gasteiger partial charge in [-0.15, -0.1) is 11.3 Å². The van der Waals surface area contributed by atoms with Crippen LogP contribution in [0.15, 0.2) is 4.79 Å². The lowest BCUT2D eigenvalue weighted by atomic mass is 9.95. The molecule has 32 heavy (non-hydrogen) atoms. The molecule has 2 amide bonds. The predicted molar refractivity (Wildman–Crippen MR) is 126 cm³/mol. The van der Waals surface area contributed by atoms with Crippen molar-refractivity contribution in [3.05, 3.63) is 32.2 Å². The largest absolute Gasteiger partial charge is 0.346 e. The normalized spacial score (nSPS) is 14.6. The average molecular weight is 460 g/mol. The van der Waals surface area contributed by atoms with Crippen molar-refractivity contribution in [1.82, 2.24) is 24.6 Å². The van der Waals surface area contributed by atoms with E-state index in [0.29, 0.717) is 47.1 Å². The molecule has 1 aliphatic heterocycles. The number of unbranched alkanes of at least 4 members (excludes halogenated alkanes) is 1. The average Bonchev–Trinajstić information content (AvgIpc) is 3.16. The first kappa shape index (κ1) is 24.1. The SMILES string of the molecule is CCCCN(C)C(=O)C1CCN(C(=O)c2sc(-c3c(C)c(C)nn(C)c3=O)nc2C)CC1. The Morgan fingerprint density at radius 3 is 2.44 bits per heavy atom. The van der Waals surface area contributed by atoms with Gasteiger partial charge >= 0.3 is 0 Å². The van der Waals surface area contributed by atoms with E-state index in [2.05, 4.69) is 17.0 Å². The van der Waals surface area contributed by atoms with Crippen LogP contribution in [0.1, 0.15) is 59.2 Å². The van der Waals surface area contributed by atoms with Gasteiger partial charge < -0.3 is 9.80 Å². The monoisotopic (exact) mass is 459 g/mol. The molecule has 0 atom stereocenters. The van der Waals surface area contributed by atoms with Crippen LogP contribution in [-0.2, 0) is 11.8 Å². The van der Waals surface area contributed by atoms with Crippen LogP contribution in [0.2, 0.25) is 0 Å². The van der Waals surface area contributed by atoms with Crippen LogP contribution in [0.5, 0.6) is 0 Å². The molecule has 1 saturated heterocycles. The minimum atomic E-state index is -0.215. The van der Waals surface area contributed by atoms with E-state index in [0.717, 1.165) is 30.6 Å². The molecule has 9 heteroatoms. The maximum absolute atomic E-state index is 13.2. The molecule has 0 aliphatic carbocycles. The van der Waals surface area contributed by atoms with E-state index in [4.69, 9.17) is 0 Å². The minimum absolute atomic E-state index is 0.0236. The Bertz CT molecular complexity index is 1070. The second-order valence-corrected chi connectivity index (χ2v) is 9.63. The lowest BCUT2D eigenvalue weighted by Crippen LogP contribution is -2.43. The van der Waals surface area contributed by atoms with Gasteiger partial charge in [0.2, 0.25) is 5.91 Å². The van der Waals surface area contributed by atoms with Crippen molar-refractivity contribution in [2.45, 2.75) is 53.4 Å². The lowest BCUT2D eigenvalue weighted by molar-refractivity contribution is -0.135. The fourth-order valence-electron chi connectivity index (χ4n) is 4.09. The van der Waals surface area contributed by atoms with Crippen LogP contribution in [0.25, 0.3) is 10.6 Å². The number of aromatic nitrogens is 3. The zero-order valence-corrected chi connectivity index (χ0v) is 20.7. The predicted octanol–water partition coefficient (Wildman–Crippen LogP) is 2.94. The molecule has 0 aromatic carbocycles. The highest BCUT2D eigenvalue weighted by molar-refractivity contribution is 7.17. The summed E-state index contributed by atoms with van der Waals surface area (Å²) < 4.78 is 1.31. The Kier molecular flexibility index (Phi) is 7.48. The third kappa shape index (κ3) is 4.77. The standard InChI is InChI=1S/C23H33N5O3S/c1-7-8-11-26(5)21(29)17-9-12-28(13-10-17)23(31)19-16(4)24-20(32-19)18-14(2)15(3)25-27(6)22(18)30/h17H,7-13H2,1-6H3. The number of amides is 2. The van der Waals surface area contributed by atoms with E-state index in [-0.39, 0.29) is 23.3 Å². The maximum atomic E-state index is 13.2. The van der Waals surface area contributed by atoms with E-state index in [1.54, 1.807) is 14.0 Å². The van der Waals surface area contributed by atoms with Crippen LogP contribution < -0.4 is 5.56 Å². The number of aryl methyl sites for hydroxylation is 3. The Morgan fingerprint density at radius 2 is 1.81 bits per heavy atom. The van der Waals surface area contributed by atoms with Crippen LogP contribution >= 0.6 is 11.3 Å². The number of thiazole rings is 1. The summed E-state index contributed by atoms with van der Waals surface area (Å²) in [6.07, 6.45) is 3.42. The number of carbonyl (C=O) groups excluding carboxylic acids is 2. The summed E-state index contributed by atoms with van der Waals surface area (Å²) in [5.41, 5.74) is 2.47. The van der Waals surface area contributed by atoms with Crippen molar-refractivity contribution in [1.29, 1.82) is 0 Å². The summed E-state index contributed by atoms with van der Waals surface area (Å²) in [7, 11) is 3.49. The van der Waals surface area contributed by atoms with Gasteiger partial charge in [-0.25, -0.2) is 9.67 Å². The van der Waals surface area contributed by atoms with Gasteiger partial charge in [-0.3, -0.25) is 14.4 Å². The van der Waals surface area contributed by atoms with Gasteiger partial charge in [-0.05, 0) is 45.6 Å². The Labute approximate surface area is 193 Å².